The number of hydrogen-bond acceptors (Lipinski definition) is 3. The second kappa shape index (κ2) is 4.93. The SMILES string of the molecule is Cc1ccc(NS(=O)(=O)c2cc(C)cc(N)c2)cc1. The minimum atomic E-state index is -3.60. The van der Waals surface area contributed by atoms with E-state index in [1.165, 1.54) is 6.07 Å². The molecule has 19 heavy (non-hydrogen) atoms. The third-order valence-corrected chi connectivity index (χ3v) is 4.05. The van der Waals surface area contributed by atoms with Gasteiger partial charge >= 0.3 is 0 Å². The molecule has 0 spiro atoms. The summed E-state index contributed by atoms with van der Waals surface area (Å²) < 4.78 is 27.0. The van der Waals surface area contributed by atoms with Crippen molar-refractivity contribution in [2.45, 2.75) is 18.7 Å². The number of sulfonamides is 1. The first-order valence-electron chi connectivity index (χ1n) is 5.83. The zero-order valence-corrected chi connectivity index (χ0v) is 11.7. The molecule has 0 bridgehead atoms. The van der Waals surface area contributed by atoms with Crippen molar-refractivity contribution < 1.29 is 8.42 Å². The molecule has 2 aromatic rings. The Balaban J connectivity index is 2.34. The van der Waals surface area contributed by atoms with E-state index in [1.54, 1.807) is 31.2 Å². The summed E-state index contributed by atoms with van der Waals surface area (Å²) in [5.41, 5.74) is 8.53. The largest absolute Gasteiger partial charge is 0.399 e. The molecule has 0 unspecified atom stereocenters. The Labute approximate surface area is 113 Å². The molecule has 5 heteroatoms. The van der Waals surface area contributed by atoms with Crippen molar-refractivity contribution in [1.29, 1.82) is 0 Å². The summed E-state index contributed by atoms with van der Waals surface area (Å²) in [6.45, 7) is 3.75. The number of aryl methyl sites for hydroxylation is 2. The molecular formula is C14H16N2O2S. The predicted octanol–water partition coefficient (Wildman–Crippen LogP) is 2.69. The Kier molecular flexibility index (Phi) is 3.48. The fourth-order valence-corrected chi connectivity index (χ4v) is 2.96. The number of nitrogens with one attached hydrogen (secondary N) is 1. The van der Waals surface area contributed by atoms with Crippen molar-refractivity contribution in [2.75, 3.05) is 10.5 Å². The number of benzene rings is 2. The van der Waals surface area contributed by atoms with Crippen LogP contribution >= 0.6 is 0 Å². The zero-order valence-electron chi connectivity index (χ0n) is 10.8. The van der Waals surface area contributed by atoms with Crippen LogP contribution in [0.4, 0.5) is 11.4 Å². The smallest absolute Gasteiger partial charge is 0.261 e. The third-order valence-electron chi connectivity index (χ3n) is 2.69. The number of rotatable bonds is 3. The van der Waals surface area contributed by atoms with E-state index in [4.69, 9.17) is 5.73 Å². The van der Waals surface area contributed by atoms with Gasteiger partial charge in [-0.25, -0.2) is 8.42 Å². The maximum absolute atomic E-state index is 12.2. The van der Waals surface area contributed by atoms with Crippen molar-refractivity contribution in [3.63, 3.8) is 0 Å². The molecule has 0 aliphatic heterocycles. The zero-order chi connectivity index (χ0) is 14.0. The van der Waals surface area contributed by atoms with Crippen LogP contribution in [0, 0.1) is 13.8 Å². The van der Waals surface area contributed by atoms with Crippen molar-refractivity contribution in [2.24, 2.45) is 0 Å². The topological polar surface area (TPSA) is 72.2 Å². The van der Waals surface area contributed by atoms with Gasteiger partial charge in [0.15, 0.2) is 0 Å². The molecule has 0 aromatic heterocycles. The first-order chi connectivity index (χ1) is 8.87. The molecule has 0 saturated heterocycles. The van der Waals surface area contributed by atoms with Crippen molar-refractivity contribution in [3.05, 3.63) is 53.6 Å². The molecule has 2 aromatic carbocycles. The standard InChI is InChI=1S/C14H16N2O2S/c1-10-3-5-13(6-4-10)16-19(17,18)14-8-11(2)7-12(15)9-14/h3-9,16H,15H2,1-2H3. The molecule has 0 atom stereocenters. The van der Waals surface area contributed by atoms with Gasteiger partial charge in [0.25, 0.3) is 10.0 Å². The van der Waals surface area contributed by atoms with Crippen LogP contribution in [0.2, 0.25) is 0 Å². The summed E-state index contributed by atoms with van der Waals surface area (Å²) in [5, 5.41) is 0. The Morgan fingerprint density at radius 1 is 0.947 bits per heavy atom. The summed E-state index contributed by atoms with van der Waals surface area (Å²) in [4.78, 5) is 0.172. The summed E-state index contributed by atoms with van der Waals surface area (Å²) in [6.07, 6.45) is 0. The monoisotopic (exact) mass is 276 g/mol. The average Bonchev–Trinajstić information content (AvgIpc) is 2.31. The fourth-order valence-electron chi connectivity index (χ4n) is 1.77. The molecule has 0 aliphatic rings. The fraction of sp³-hybridized carbons (Fsp3) is 0.143. The molecule has 0 fully saturated rings. The molecule has 3 N–H and O–H groups in total. The second-order valence-corrected chi connectivity index (χ2v) is 6.23. The molecule has 0 heterocycles. The van der Waals surface area contributed by atoms with E-state index in [9.17, 15) is 8.42 Å². The Bertz CT molecular complexity index is 672. The van der Waals surface area contributed by atoms with E-state index in [0.29, 0.717) is 11.4 Å². The van der Waals surface area contributed by atoms with Gasteiger partial charge in [0.1, 0.15) is 0 Å². The highest BCUT2D eigenvalue weighted by molar-refractivity contribution is 7.92. The maximum Gasteiger partial charge on any atom is 0.261 e. The van der Waals surface area contributed by atoms with Crippen LogP contribution in [0.3, 0.4) is 0 Å². The van der Waals surface area contributed by atoms with Gasteiger partial charge in [0.2, 0.25) is 0 Å². The average molecular weight is 276 g/mol. The van der Waals surface area contributed by atoms with Crippen LogP contribution in [0.25, 0.3) is 0 Å². The van der Waals surface area contributed by atoms with Gasteiger partial charge in [0, 0.05) is 11.4 Å². The minimum absolute atomic E-state index is 0.172. The van der Waals surface area contributed by atoms with E-state index in [1.807, 2.05) is 19.1 Å². The molecule has 4 nitrogen and oxygen atoms in total. The van der Waals surface area contributed by atoms with Gasteiger partial charge in [-0.3, -0.25) is 4.72 Å². The summed E-state index contributed by atoms with van der Waals surface area (Å²) in [6, 6.07) is 11.9. The Morgan fingerprint density at radius 2 is 1.58 bits per heavy atom. The van der Waals surface area contributed by atoms with Crippen LogP contribution in [-0.2, 0) is 10.0 Å². The molecule has 2 rings (SSSR count). The Hall–Kier alpha value is -2.01. The number of anilines is 2. The highest BCUT2D eigenvalue weighted by atomic mass is 32.2. The lowest BCUT2D eigenvalue weighted by Gasteiger charge is -2.09. The quantitative estimate of drug-likeness (QED) is 0.847. The lowest BCUT2D eigenvalue weighted by molar-refractivity contribution is 0.601. The highest BCUT2D eigenvalue weighted by Crippen LogP contribution is 2.20. The van der Waals surface area contributed by atoms with Crippen LogP contribution < -0.4 is 10.5 Å². The van der Waals surface area contributed by atoms with Gasteiger partial charge in [-0.2, -0.15) is 0 Å². The molecule has 0 saturated carbocycles. The molecule has 100 valence electrons. The van der Waals surface area contributed by atoms with Crippen molar-refractivity contribution in [1.82, 2.24) is 0 Å². The van der Waals surface area contributed by atoms with E-state index >= 15 is 0 Å². The van der Waals surface area contributed by atoms with Crippen molar-refractivity contribution >= 4 is 21.4 Å². The van der Waals surface area contributed by atoms with Crippen LogP contribution in [-0.4, -0.2) is 8.42 Å². The number of nitrogen functional groups attached to an aromatic ring is 1. The normalized spacial score (nSPS) is 11.3. The second-order valence-electron chi connectivity index (χ2n) is 4.55. The molecule has 0 amide bonds. The van der Waals surface area contributed by atoms with Crippen LogP contribution in [0.15, 0.2) is 47.4 Å². The summed E-state index contributed by atoms with van der Waals surface area (Å²) >= 11 is 0. The molecule has 0 radical (unpaired) electrons. The van der Waals surface area contributed by atoms with E-state index in [-0.39, 0.29) is 4.90 Å². The van der Waals surface area contributed by atoms with E-state index in [0.717, 1.165) is 11.1 Å². The van der Waals surface area contributed by atoms with E-state index in [2.05, 4.69) is 4.72 Å². The van der Waals surface area contributed by atoms with Gasteiger partial charge in [-0.15, -0.1) is 0 Å². The minimum Gasteiger partial charge on any atom is -0.399 e. The first-order valence-corrected chi connectivity index (χ1v) is 7.32. The van der Waals surface area contributed by atoms with Gasteiger partial charge in [-0.1, -0.05) is 17.7 Å². The first kappa shape index (κ1) is 13.4. The third kappa shape index (κ3) is 3.26. The lowest BCUT2D eigenvalue weighted by atomic mass is 10.2. The Morgan fingerprint density at radius 3 is 2.16 bits per heavy atom. The molecule has 0 aliphatic carbocycles. The molecular weight excluding hydrogens is 260 g/mol. The number of nitrogens with two attached hydrogens (primary N) is 1. The van der Waals surface area contributed by atoms with Crippen LogP contribution in [0.5, 0.6) is 0 Å². The summed E-state index contributed by atoms with van der Waals surface area (Å²) in [7, 11) is -3.60. The number of hydrogen-bond donors (Lipinski definition) is 2. The maximum atomic E-state index is 12.2. The van der Waals surface area contributed by atoms with Crippen molar-refractivity contribution in [3.8, 4) is 0 Å². The van der Waals surface area contributed by atoms with Crippen LogP contribution in [0.1, 0.15) is 11.1 Å². The lowest BCUT2D eigenvalue weighted by Crippen LogP contribution is -2.13. The van der Waals surface area contributed by atoms with Gasteiger partial charge < -0.3 is 5.73 Å². The highest BCUT2D eigenvalue weighted by Gasteiger charge is 2.14. The predicted molar refractivity (Wildman–Crippen MR) is 77.6 cm³/mol. The summed E-state index contributed by atoms with van der Waals surface area (Å²) in [5.74, 6) is 0. The van der Waals surface area contributed by atoms with Gasteiger partial charge in [-0.05, 0) is 49.7 Å². The van der Waals surface area contributed by atoms with Gasteiger partial charge in [0.05, 0.1) is 4.90 Å². The van der Waals surface area contributed by atoms with E-state index < -0.39 is 10.0 Å².